The number of carboxylic acids is 1. The average Bonchev–Trinajstić information content (AvgIpc) is 2.59. The Morgan fingerprint density at radius 1 is 1.30 bits per heavy atom. The lowest BCUT2D eigenvalue weighted by Gasteiger charge is -2.37. The topological polar surface area (TPSA) is 84.9 Å². The molecule has 0 aliphatic carbocycles. The molecule has 6 heteroatoms. The molecule has 6 nitrogen and oxygen atoms in total. The molecule has 1 atom stereocenters. The molecule has 1 fully saturated rings. The zero-order chi connectivity index (χ0) is 16.7. The Balaban J connectivity index is 2.21. The van der Waals surface area contributed by atoms with Gasteiger partial charge in [-0.05, 0) is 18.4 Å². The van der Waals surface area contributed by atoms with Crippen LogP contribution < -0.4 is 5.32 Å². The molecular formula is C17H23NO5. The Labute approximate surface area is 135 Å². The number of carbonyl (C=O) groups excluding carboxylic acids is 1. The number of rotatable bonds is 7. The van der Waals surface area contributed by atoms with Crippen molar-refractivity contribution >= 4 is 11.9 Å². The molecule has 1 saturated heterocycles. The van der Waals surface area contributed by atoms with Crippen molar-refractivity contribution in [3.63, 3.8) is 0 Å². The summed E-state index contributed by atoms with van der Waals surface area (Å²) >= 11 is 0. The molecule has 0 spiro atoms. The highest BCUT2D eigenvalue weighted by Gasteiger charge is 2.42. The number of nitrogens with one attached hydrogen (secondary N) is 1. The van der Waals surface area contributed by atoms with Crippen LogP contribution in [0.3, 0.4) is 0 Å². The third-order valence-electron chi connectivity index (χ3n) is 4.32. The molecule has 1 heterocycles. The minimum absolute atomic E-state index is 0.235. The number of benzene rings is 1. The molecule has 1 unspecified atom stereocenters. The molecule has 0 aromatic heterocycles. The van der Waals surface area contributed by atoms with Crippen LogP contribution in [0.25, 0.3) is 0 Å². The highest BCUT2D eigenvalue weighted by atomic mass is 16.5. The normalized spacial score (nSPS) is 18.1. The molecular weight excluding hydrogens is 298 g/mol. The van der Waals surface area contributed by atoms with Crippen molar-refractivity contribution in [1.29, 1.82) is 0 Å². The van der Waals surface area contributed by atoms with Gasteiger partial charge in [0.2, 0.25) is 5.91 Å². The Hall–Kier alpha value is -1.92. The Morgan fingerprint density at radius 2 is 1.96 bits per heavy atom. The van der Waals surface area contributed by atoms with E-state index >= 15 is 0 Å². The van der Waals surface area contributed by atoms with Gasteiger partial charge in [-0.25, -0.2) is 4.79 Å². The van der Waals surface area contributed by atoms with E-state index in [2.05, 4.69) is 5.32 Å². The van der Waals surface area contributed by atoms with Gasteiger partial charge in [0, 0.05) is 33.4 Å². The van der Waals surface area contributed by atoms with Crippen LogP contribution in [-0.2, 0) is 24.5 Å². The van der Waals surface area contributed by atoms with Gasteiger partial charge in [-0.3, -0.25) is 4.79 Å². The van der Waals surface area contributed by atoms with Crippen LogP contribution in [0.4, 0.5) is 0 Å². The first-order chi connectivity index (χ1) is 11.1. The SMILES string of the molecule is COCCC(NC(=O)C1(c2ccccc2)CCOCC1)C(=O)O. The van der Waals surface area contributed by atoms with Crippen molar-refractivity contribution in [3.8, 4) is 0 Å². The summed E-state index contributed by atoms with van der Waals surface area (Å²) in [5.74, 6) is -1.30. The minimum atomic E-state index is -1.05. The van der Waals surface area contributed by atoms with E-state index in [4.69, 9.17) is 9.47 Å². The van der Waals surface area contributed by atoms with Gasteiger partial charge in [0.1, 0.15) is 6.04 Å². The zero-order valence-corrected chi connectivity index (χ0v) is 13.3. The van der Waals surface area contributed by atoms with E-state index in [1.54, 1.807) is 0 Å². The third kappa shape index (κ3) is 4.09. The summed E-state index contributed by atoms with van der Waals surface area (Å²) in [6, 6.07) is 8.54. The van der Waals surface area contributed by atoms with E-state index in [0.717, 1.165) is 5.56 Å². The zero-order valence-electron chi connectivity index (χ0n) is 13.3. The molecule has 0 saturated carbocycles. The smallest absolute Gasteiger partial charge is 0.326 e. The molecule has 23 heavy (non-hydrogen) atoms. The number of aliphatic carboxylic acids is 1. The van der Waals surface area contributed by atoms with Gasteiger partial charge in [0.15, 0.2) is 0 Å². The molecule has 1 aliphatic heterocycles. The minimum Gasteiger partial charge on any atom is -0.480 e. The van der Waals surface area contributed by atoms with Crippen LogP contribution in [-0.4, -0.2) is 50.0 Å². The van der Waals surface area contributed by atoms with Crippen molar-refractivity contribution in [2.75, 3.05) is 26.9 Å². The van der Waals surface area contributed by atoms with E-state index < -0.39 is 17.4 Å². The molecule has 1 aliphatic rings. The number of ether oxygens (including phenoxy) is 2. The summed E-state index contributed by atoms with van der Waals surface area (Å²) in [7, 11) is 1.50. The third-order valence-corrected chi connectivity index (χ3v) is 4.32. The van der Waals surface area contributed by atoms with Crippen molar-refractivity contribution < 1.29 is 24.2 Å². The summed E-state index contributed by atoms with van der Waals surface area (Å²) in [6.45, 7) is 1.24. The maximum absolute atomic E-state index is 12.9. The Kier molecular flexibility index (Phi) is 6.12. The van der Waals surface area contributed by atoms with Gasteiger partial charge in [0.05, 0.1) is 5.41 Å². The monoisotopic (exact) mass is 321 g/mol. The van der Waals surface area contributed by atoms with Gasteiger partial charge < -0.3 is 19.9 Å². The second-order valence-electron chi connectivity index (χ2n) is 5.71. The number of carbonyl (C=O) groups is 2. The molecule has 1 aromatic carbocycles. The average molecular weight is 321 g/mol. The lowest BCUT2D eigenvalue weighted by atomic mass is 9.73. The van der Waals surface area contributed by atoms with Crippen LogP contribution >= 0.6 is 0 Å². The summed E-state index contributed by atoms with van der Waals surface area (Å²) in [4.78, 5) is 24.3. The molecule has 1 aromatic rings. The predicted octanol–water partition coefficient (Wildman–Crippen LogP) is 1.34. The van der Waals surface area contributed by atoms with Gasteiger partial charge in [0.25, 0.3) is 0 Å². The van der Waals surface area contributed by atoms with Crippen molar-refractivity contribution in [2.45, 2.75) is 30.7 Å². The van der Waals surface area contributed by atoms with Crippen LogP contribution in [0.1, 0.15) is 24.8 Å². The molecule has 1 amide bonds. The summed E-state index contributed by atoms with van der Waals surface area (Å²) in [5, 5.41) is 12.0. The standard InChI is InChI=1S/C17H23NO5/c1-22-10-7-14(15(19)20)18-16(21)17(8-11-23-12-9-17)13-5-3-2-4-6-13/h2-6,14H,7-12H2,1H3,(H,18,21)(H,19,20). The Morgan fingerprint density at radius 3 is 2.52 bits per heavy atom. The summed E-state index contributed by atoms with van der Waals surface area (Å²) in [6.07, 6.45) is 1.32. The summed E-state index contributed by atoms with van der Waals surface area (Å²) < 4.78 is 10.3. The van der Waals surface area contributed by atoms with Crippen LogP contribution in [0.15, 0.2) is 30.3 Å². The number of hydrogen-bond acceptors (Lipinski definition) is 4. The highest BCUT2D eigenvalue weighted by Crippen LogP contribution is 2.35. The fraction of sp³-hybridized carbons (Fsp3) is 0.529. The van der Waals surface area contributed by atoms with E-state index in [-0.39, 0.29) is 18.9 Å². The summed E-state index contributed by atoms with van der Waals surface area (Å²) in [5.41, 5.74) is 0.164. The van der Waals surface area contributed by atoms with Crippen molar-refractivity contribution in [2.24, 2.45) is 0 Å². The van der Waals surface area contributed by atoms with Gasteiger partial charge in [-0.15, -0.1) is 0 Å². The van der Waals surface area contributed by atoms with E-state index in [9.17, 15) is 14.7 Å². The second-order valence-corrected chi connectivity index (χ2v) is 5.71. The fourth-order valence-corrected chi connectivity index (χ4v) is 2.91. The van der Waals surface area contributed by atoms with E-state index in [1.165, 1.54) is 7.11 Å². The van der Waals surface area contributed by atoms with Crippen LogP contribution in [0.2, 0.25) is 0 Å². The first-order valence-corrected chi connectivity index (χ1v) is 7.76. The van der Waals surface area contributed by atoms with E-state index in [1.807, 2.05) is 30.3 Å². The predicted molar refractivity (Wildman–Crippen MR) is 84.2 cm³/mol. The van der Waals surface area contributed by atoms with Crippen molar-refractivity contribution in [1.82, 2.24) is 5.32 Å². The largest absolute Gasteiger partial charge is 0.480 e. The lowest BCUT2D eigenvalue weighted by molar-refractivity contribution is -0.144. The number of hydrogen-bond donors (Lipinski definition) is 2. The van der Waals surface area contributed by atoms with Crippen LogP contribution in [0, 0.1) is 0 Å². The first-order valence-electron chi connectivity index (χ1n) is 7.76. The Bertz CT molecular complexity index is 525. The first kappa shape index (κ1) is 17.4. The molecule has 2 N–H and O–H groups in total. The quantitative estimate of drug-likeness (QED) is 0.792. The molecule has 126 valence electrons. The van der Waals surface area contributed by atoms with Gasteiger partial charge in [-0.1, -0.05) is 30.3 Å². The highest BCUT2D eigenvalue weighted by molar-refractivity contribution is 5.91. The van der Waals surface area contributed by atoms with Gasteiger partial charge >= 0.3 is 5.97 Å². The number of methoxy groups -OCH3 is 1. The second kappa shape index (κ2) is 8.08. The maximum atomic E-state index is 12.9. The molecule has 0 bridgehead atoms. The van der Waals surface area contributed by atoms with Crippen LogP contribution in [0.5, 0.6) is 0 Å². The fourth-order valence-electron chi connectivity index (χ4n) is 2.91. The lowest BCUT2D eigenvalue weighted by Crippen LogP contribution is -2.53. The molecule has 0 radical (unpaired) electrons. The van der Waals surface area contributed by atoms with Crippen molar-refractivity contribution in [3.05, 3.63) is 35.9 Å². The van der Waals surface area contributed by atoms with Gasteiger partial charge in [-0.2, -0.15) is 0 Å². The molecule has 2 rings (SSSR count). The number of amides is 1. The number of carboxylic acid groups (broad SMARTS) is 1. The van der Waals surface area contributed by atoms with E-state index in [0.29, 0.717) is 26.1 Å². The maximum Gasteiger partial charge on any atom is 0.326 e.